The lowest BCUT2D eigenvalue weighted by Gasteiger charge is -2.07. The smallest absolute Gasteiger partial charge is 0.251 e. The van der Waals surface area contributed by atoms with Gasteiger partial charge in [-0.1, -0.05) is 18.9 Å². The van der Waals surface area contributed by atoms with Gasteiger partial charge in [0.1, 0.15) is 0 Å². The molecule has 6 nitrogen and oxygen atoms in total. The summed E-state index contributed by atoms with van der Waals surface area (Å²) < 4.78 is 0. The molecule has 2 aromatic carbocycles. The summed E-state index contributed by atoms with van der Waals surface area (Å²) >= 11 is 0. The van der Waals surface area contributed by atoms with Gasteiger partial charge in [-0.3, -0.25) is 9.59 Å². The van der Waals surface area contributed by atoms with Gasteiger partial charge in [0, 0.05) is 35.6 Å². The first kappa shape index (κ1) is 19.3. The number of rotatable bonds is 9. The number of anilines is 2. The van der Waals surface area contributed by atoms with Crippen LogP contribution in [0, 0.1) is 0 Å². The minimum absolute atomic E-state index is 0.0839. The number of hydrogen-bond acceptors (Lipinski definition) is 4. The predicted molar refractivity (Wildman–Crippen MR) is 105 cm³/mol. The minimum atomic E-state index is -0.104. The zero-order valence-corrected chi connectivity index (χ0v) is 14.8. The zero-order valence-electron chi connectivity index (χ0n) is 14.8. The lowest BCUT2D eigenvalue weighted by Crippen LogP contribution is -2.25. The van der Waals surface area contributed by atoms with E-state index in [1.54, 1.807) is 48.5 Å². The van der Waals surface area contributed by atoms with E-state index in [9.17, 15) is 9.59 Å². The van der Waals surface area contributed by atoms with Crippen LogP contribution in [0.3, 0.4) is 0 Å². The van der Waals surface area contributed by atoms with E-state index in [4.69, 9.17) is 11.5 Å². The molecule has 0 atom stereocenters. The predicted octanol–water partition coefficient (Wildman–Crippen LogP) is 2.57. The standard InChI is InChI=1S/C20H26N4O2/c21-17-10-8-15(9-11-17)19(25)23-12-3-1-2-4-13-24-20(26)16-6-5-7-18(22)14-16/h5-11,14H,1-4,12-13,21-22H2,(H,23,25)(H,24,26). The van der Waals surface area contributed by atoms with Crippen LogP contribution in [0.1, 0.15) is 46.4 Å². The van der Waals surface area contributed by atoms with Gasteiger partial charge in [-0.2, -0.15) is 0 Å². The Balaban J connectivity index is 1.52. The average Bonchev–Trinajstić information content (AvgIpc) is 2.64. The van der Waals surface area contributed by atoms with Crippen LogP contribution in [-0.4, -0.2) is 24.9 Å². The van der Waals surface area contributed by atoms with E-state index in [0.717, 1.165) is 25.7 Å². The first-order chi connectivity index (χ1) is 12.6. The van der Waals surface area contributed by atoms with Crippen LogP contribution < -0.4 is 22.1 Å². The first-order valence-corrected chi connectivity index (χ1v) is 8.84. The van der Waals surface area contributed by atoms with Crippen molar-refractivity contribution >= 4 is 23.2 Å². The first-order valence-electron chi connectivity index (χ1n) is 8.84. The fourth-order valence-electron chi connectivity index (χ4n) is 2.53. The molecule has 6 N–H and O–H groups in total. The van der Waals surface area contributed by atoms with Gasteiger partial charge in [-0.05, 0) is 55.3 Å². The fourth-order valence-corrected chi connectivity index (χ4v) is 2.53. The summed E-state index contributed by atoms with van der Waals surface area (Å²) in [4.78, 5) is 23.9. The third kappa shape index (κ3) is 6.47. The van der Waals surface area contributed by atoms with Gasteiger partial charge in [-0.25, -0.2) is 0 Å². The lowest BCUT2D eigenvalue weighted by atomic mass is 10.1. The molecule has 0 heterocycles. The summed E-state index contributed by atoms with van der Waals surface area (Å²) in [5, 5.41) is 5.78. The number of nitrogens with two attached hydrogens (primary N) is 2. The van der Waals surface area contributed by atoms with Crippen molar-refractivity contribution in [1.29, 1.82) is 0 Å². The highest BCUT2D eigenvalue weighted by Crippen LogP contribution is 2.07. The Morgan fingerprint density at radius 2 is 1.27 bits per heavy atom. The van der Waals surface area contributed by atoms with Crippen LogP contribution in [0.4, 0.5) is 11.4 Å². The summed E-state index contributed by atoms with van der Waals surface area (Å²) in [5.74, 6) is -0.188. The third-order valence-corrected chi connectivity index (χ3v) is 4.00. The summed E-state index contributed by atoms with van der Waals surface area (Å²) in [5.41, 5.74) is 13.7. The van der Waals surface area contributed by atoms with E-state index in [0.29, 0.717) is 35.6 Å². The zero-order chi connectivity index (χ0) is 18.8. The molecule has 138 valence electrons. The maximum atomic E-state index is 11.9. The molecule has 0 saturated heterocycles. The molecule has 0 aliphatic rings. The summed E-state index contributed by atoms with van der Waals surface area (Å²) in [7, 11) is 0. The fraction of sp³-hybridized carbons (Fsp3) is 0.300. The molecule has 2 rings (SSSR count). The van der Waals surface area contributed by atoms with Crippen LogP contribution >= 0.6 is 0 Å². The van der Waals surface area contributed by atoms with Crippen molar-refractivity contribution in [2.45, 2.75) is 25.7 Å². The van der Waals surface area contributed by atoms with Gasteiger partial charge in [0.15, 0.2) is 0 Å². The highest BCUT2D eigenvalue weighted by molar-refractivity contribution is 5.95. The van der Waals surface area contributed by atoms with Crippen molar-refractivity contribution < 1.29 is 9.59 Å². The van der Waals surface area contributed by atoms with E-state index in [2.05, 4.69) is 10.6 Å². The van der Waals surface area contributed by atoms with Crippen molar-refractivity contribution in [2.75, 3.05) is 24.6 Å². The number of nitrogen functional groups attached to an aromatic ring is 2. The van der Waals surface area contributed by atoms with Crippen LogP contribution in [0.25, 0.3) is 0 Å². The highest BCUT2D eigenvalue weighted by atomic mass is 16.2. The molecule has 6 heteroatoms. The Kier molecular flexibility index (Phi) is 7.49. The van der Waals surface area contributed by atoms with Crippen molar-refractivity contribution in [2.24, 2.45) is 0 Å². The molecule has 0 aromatic heterocycles. The molecule has 0 unspecified atom stereocenters. The van der Waals surface area contributed by atoms with Gasteiger partial charge in [0.05, 0.1) is 0 Å². The monoisotopic (exact) mass is 354 g/mol. The van der Waals surface area contributed by atoms with Gasteiger partial charge in [0.25, 0.3) is 11.8 Å². The van der Waals surface area contributed by atoms with E-state index in [1.165, 1.54) is 0 Å². The van der Waals surface area contributed by atoms with Gasteiger partial charge < -0.3 is 22.1 Å². The summed E-state index contributed by atoms with van der Waals surface area (Å²) in [6.07, 6.45) is 3.80. The Bertz CT molecular complexity index is 729. The van der Waals surface area contributed by atoms with Crippen molar-refractivity contribution in [3.63, 3.8) is 0 Å². The number of carbonyl (C=O) groups is 2. The Morgan fingerprint density at radius 1 is 0.692 bits per heavy atom. The number of hydrogen-bond donors (Lipinski definition) is 4. The number of unbranched alkanes of at least 4 members (excludes halogenated alkanes) is 3. The molecule has 2 aromatic rings. The molecule has 0 spiro atoms. The third-order valence-electron chi connectivity index (χ3n) is 4.00. The maximum absolute atomic E-state index is 11.9. The van der Waals surface area contributed by atoms with E-state index in [1.807, 2.05) is 0 Å². The maximum Gasteiger partial charge on any atom is 0.251 e. The largest absolute Gasteiger partial charge is 0.399 e. The van der Waals surface area contributed by atoms with Crippen molar-refractivity contribution in [3.8, 4) is 0 Å². The highest BCUT2D eigenvalue weighted by Gasteiger charge is 2.05. The SMILES string of the molecule is Nc1ccc(C(=O)NCCCCCCNC(=O)c2cccc(N)c2)cc1. The van der Waals surface area contributed by atoms with Crippen LogP contribution in [-0.2, 0) is 0 Å². The minimum Gasteiger partial charge on any atom is -0.399 e. The topological polar surface area (TPSA) is 110 Å². The Morgan fingerprint density at radius 3 is 1.85 bits per heavy atom. The Hall–Kier alpha value is -3.02. The number of amides is 2. The summed E-state index contributed by atoms with van der Waals surface area (Å²) in [6.45, 7) is 1.27. The molecule has 0 saturated carbocycles. The normalized spacial score (nSPS) is 10.3. The van der Waals surface area contributed by atoms with Crippen LogP contribution in [0.5, 0.6) is 0 Å². The average molecular weight is 354 g/mol. The number of benzene rings is 2. The summed E-state index contributed by atoms with van der Waals surface area (Å²) in [6, 6.07) is 13.8. The molecular formula is C20H26N4O2. The van der Waals surface area contributed by atoms with Crippen LogP contribution in [0.2, 0.25) is 0 Å². The second kappa shape index (κ2) is 10.1. The number of nitrogens with one attached hydrogen (secondary N) is 2. The molecule has 26 heavy (non-hydrogen) atoms. The van der Waals surface area contributed by atoms with Crippen LogP contribution in [0.15, 0.2) is 48.5 Å². The second-order valence-electron chi connectivity index (χ2n) is 6.17. The molecule has 0 bridgehead atoms. The van der Waals surface area contributed by atoms with Crippen molar-refractivity contribution in [1.82, 2.24) is 10.6 Å². The van der Waals surface area contributed by atoms with E-state index in [-0.39, 0.29) is 11.8 Å². The van der Waals surface area contributed by atoms with Gasteiger partial charge in [-0.15, -0.1) is 0 Å². The Labute approximate surface area is 154 Å². The van der Waals surface area contributed by atoms with Crippen molar-refractivity contribution in [3.05, 3.63) is 59.7 Å². The lowest BCUT2D eigenvalue weighted by molar-refractivity contribution is 0.0943. The molecule has 0 fully saturated rings. The molecule has 0 aliphatic carbocycles. The molecule has 0 radical (unpaired) electrons. The quantitative estimate of drug-likeness (QED) is 0.410. The van der Waals surface area contributed by atoms with Gasteiger partial charge in [0.2, 0.25) is 0 Å². The second-order valence-corrected chi connectivity index (χ2v) is 6.17. The van der Waals surface area contributed by atoms with E-state index < -0.39 is 0 Å². The molecular weight excluding hydrogens is 328 g/mol. The van der Waals surface area contributed by atoms with Gasteiger partial charge >= 0.3 is 0 Å². The molecule has 0 aliphatic heterocycles. The van der Waals surface area contributed by atoms with E-state index >= 15 is 0 Å². The molecule has 2 amide bonds. The number of carbonyl (C=O) groups excluding carboxylic acids is 2.